The molecule has 84 valence electrons. The summed E-state index contributed by atoms with van der Waals surface area (Å²) in [5, 5.41) is 9.74. The molecule has 0 aliphatic carbocycles. The first-order chi connectivity index (χ1) is 6.77. The second kappa shape index (κ2) is 4.29. The highest BCUT2D eigenvalue weighted by molar-refractivity contribution is 7.94. The van der Waals surface area contributed by atoms with Gasteiger partial charge in [-0.05, 0) is 5.56 Å². The second-order valence-electron chi connectivity index (χ2n) is 3.15. The van der Waals surface area contributed by atoms with E-state index in [4.69, 9.17) is 23.2 Å². The van der Waals surface area contributed by atoms with Gasteiger partial charge in [0.2, 0.25) is 3.67 Å². The number of halogens is 2. The van der Waals surface area contributed by atoms with Gasteiger partial charge in [0.1, 0.15) is 6.10 Å². The molecule has 1 atom stereocenters. The van der Waals surface area contributed by atoms with Crippen molar-refractivity contribution in [2.45, 2.75) is 9.77 Å². The summed E-state index contributed by atoms with van der Waals surface area (Å²) in [6, 6.07) is 8.15. The lowest BCUT2D eigenvalue weighted by atomic mass is 10.1. The number of hydrogen-bond acceptors (Lipinski definition) is 3. The van der Waals surface area contributed by atoms with Crippen molar-refractivity contribution in [3.8, 4) is 0 Å². The first kappa shape index (κ1) is 12.8. The monoisotopic (exact) mass is 268 g/mol. The molecule has 0 heterocycles. The Morgan fingerprint density at radius 1 is 1.27 bits per heavy atom. The van der Waals surface area contributed by atoms with Gasteiger partial charge in [-0.2, -0.15) is 0 Å². The Morgan fingerprint density at radius 2 is 1.73 bits per heavy atom. The maximum absolute atomic E-state index is 11.2. The van der Waals surface area contributed by atoms with Crippen LogP contribution in [0.1, 0.15) is 11.7 Å². The zero-order valence-electron chi connectivity index (χ0n) is 7.89. The van der Waals surface area contributed by atoms with E-state index < -0.39 is 19.6 Å². The largest absolute Gasteiger partial charge is 0.384 e. The standard InChI is InChI=1S/C9H10Cl2O3S/c1-15(13,14)9(10,11)8(12)7-5-3-2-4-6-7/h2-6,8,12H,1H3. The van der Waals surface area contributed by atoms with Gasteiger partial charge in [0, 0.05) is 6.26 Å². The smallest absolute Gasteiger partial charge is 0.247 e. The predicted molar refractivity (Wildman–Crippen MR) is 60.7 cm³/mol. The number of alkyl halides is 2. The van der Waals surface area contributed by atoms with E-state index in [2.05, 4.69) is 0 Å². The van der Waals surface area contributed by atoms with Crippen LogP contribution in [0.25, 0.3) is 0 Å². The molecule has 0 aliphatic rings. The van der Waals surface area contributed by atoms with Gasteiger partial charge in [0.15, 0.2) is 9.84 Å². The third kappa shape index (κ3) is 2.64. The van der Waals surface area contributed by atoms with Gasteiger partial charge < -0.3 is 5.11 Å². The third-order valence-electron chi connectivity index (χ3n) is 1.93. The predicted octanol–water partition coefficient (Wildman–Crippen LogP) is 1.90. The summed E-state index contributed by atoms with van der Waals surface area (Å²) in [6.45, 7) is 0. The van der Waals surface area contributed by atoms with Crippen molar-refractivity contribution >= 4 is 33.0 Å². The van der Waals surface area contributed by atoms with E-state index in [0.717, 1.165) is 6.26 Å². The van der Waals surface area contributed by atoms with Crippen LogP contribution in [-0.4, -0.2) is 23.4 Å². The van der Waals surface area contributed by atoms with E-state index in [1.807, 2.05) is 0 Å². The molecule has 1 aromatic rings. The zero-order chi connectivity index (χ0) is 11.7. The summed E-state index contributed by atoms with van der Waals surface area (Å²) in [6.07, 6.45) is -0.601. The van der Waals surface area contributed by atoms with E-state index in [9.17, 15) is 13.5 Å². The van der Waals surface area contributed by atoms with Crippen LogP contribution in [0, 0.1) is 0 Å². The highest BCUT2D eigenvalue weighted by atomic mass is 35.5. The first-order valence-corrected chi connectivity index (χ1v) is 6.72. The van der Waals surface area contributed by atoms with Crippen LogP contribution in [0.15, 0.2) is 30.3 Å². The van der Waals surface area contributed by atoms with Crippen molar-refractivity contribution < 1.29 is 13.5 Å². The van der Waals surface area contributed by atoms with Crippen molar-refractivity contribution in [1.82, 2.24) is 0 Å². The number of sulfone groups is 1. The van der Waals surface area contributed by atoms with Gasteiger partial charge in [0.25, 0.3) is 0 Å². The average molecular weight is 269 g/mol. The molecule has 15 heavy (non-hydrogen) atoms. The molecular weight excluding hydrogens is 259 g/mol. The van der Waals surface area contributed by atoms with Gasteiger partial charge in [-0.1, -0.05) is 53.5 Å². The fourth-order valence-corrected chi connectivity index (χ4v) is 1.83. The minimum atomic E-state index is -3.77. The second-order valence-corrected chi connectivity index (χ2v) is 7.17. The molecule has 3 nitrogen and oxygen atoms in total. The van der Waals surface area contributed by atoms with Gasteiger partial charge in [-0.3, -0.25) is 0 Å². The molecule has 0 saturated heterocycles. The third-order valence-corrected chi connectivity index (χ3v) is 5.24. The number of aliphatic hydroxyl groups is 1. The van der Waals surface area contributed by atoms with E-state index in [1.54, 1.807) is 30.3 Å². The van der Waals surface area contributed by atoms with Crippen LogP contribution >= 0.6 is 23.2 Å². The van der Waals surface area contributed by atoms with E-state index >= 15 is 0 Å². The molecule has 1 rings (SSSR count). The van der Waals surface area contributed by atoms with Crippen LogP contribution in [0.5, 0.6) is 0 Å². The maximum Gasteiger partial charge on any atom is 0.247 e. The Bertz CT molecular complexity index is 428. The Labute approximate surface area is 98.6 Å². The van der Waals surface area contributed by atoms with E-state index in [1.165, 1.54) is 0 Å². The number of rotatable bonds is 3. The molecule has 0 saturated carbocycles. The number of aliphatic hydroxyl groups excluding tert-OH is 1. The highest BCUT2D eigenvalue weighted by Crippen LogP contribution is 2.40. The fraction of sp³-hybridized carbons (Fsp3) is 0.333. The van der Waals surface area contributed by atoms with Crippen LogP contribution in [-0.2, 0) is 9.84 Å². The summed E-state index contributed by atoms with van der Waals surface area (Å²) >= 11 is 11.2. The van der Waals surface area contributed by atoms with Crippen molar-refractivity contribution in [1.29, 1.82) is 0 Å². The quantitative estimate of drug-likeness (QED) is 0.852. The molecular formula is C9H10Cl2O3S. The van der Waals surface area contributed by atoms with Crippen molar-refractivity contribution in [3.05, 3.63) is 35.9 Å². The minimum Gasteiger partial charge on any atom is -0.384 e. The van der Waals surface area contributed by atoms with Gasteiger partial charge in [-0.15, -0.1) is 0 Å². The van der Waals surface area contributed by atoms with Gasteiger partial charge >= 0.3 is 0 Å². The number of benzene rings is 1. The average Bonchev–Trinajstić information content (AvgIpc) is 2.16. The first-order valence-electron chi connectivity index (χ1n) is 4.07. The SMILES string of the molecule is CS(=O)(=O)C(Cl)(Cl)C(O)c1ccccc1. The van der Waals surface area contributed by atoms with Crippen LogP contribution in [0.4, 0.5) is 0 Å². The molecule has 0 bridgehead atoms. The summed E-state index contributed by atoms with van der Waals surface area (Å²) < 4.78 is 20.3. The van der Waals surface area contributed by atoms with Crippen molar-refractivity contribution in [2.24, 2.45) is 0 Å². The molecule has 1 N–H and O–H groups in total. The minimum absolute atomic E-state index is 0.355. The summed E-state index contributed by atoms with van der Waals surface area (Å²) in [4.78, 5) is 0. The normalized spacial score (nSPS) is 14.9. The lowest BCUT2D eigenvalue weighted by molar-refractivity contribution is 0.181. The molecule has 0 fully saturated rings. The Hall–Kier alpha value is -0.290. The Morgan fingerprint density at radius 3 is 2.13 bits per heavy atom. The number of hydrogen-bond donors (Lipinski definition) is 1. The topological polar surface area (TPSA) is 54.4 Å². The van der Waals surface area contributed by atoms with E-state index in [0.29, 0.717) is 5.56 Å². The summed E-state index contributed by atoms with van der Waals surface area (Å²) in [7, 11) is -3.77. The van der Waals surface area contributed by atoms with Gasteiger partial charge in [-0.25, -0.2) is 8.42 Å². The molecule has 0 spiro atoms. The van der Waals surface area contributed by atoms with Crippen LogP contribution in [0.3, 0.4) is 0 Å². The Balaban J connectivity index is 3.11. The lowest BCUT2D eigenvalue weighted by Crippen LogP contribution is -2.32. The molecule has 0 aromatic heterocycles. The highest BCUT2D eigenvalue weighted by Gasteiger charge is 2.44. The van der Waals surface area contributed by atoms with Crippen molar-refractivity contribution in [3.63, 3.8) is 0 Å². The lowest BCUT2D eigenvalue weighted by Gasteiger charge is -2.23. The van der Waals surface area contributed by atoms with Gasteiger partial charge in [0.05, 0.1) is 0 Å². The molecule has 1 unspecified atom stereocenters. The van der Waals surface area contributed by atoms with E-state index in [-0.39, 0.29) is 0 Å². The van der Waals surface area contributed by atoms with Crippen LogP contribution in [0.2, 0.25) is 0 Å². The summed E-state index contributed by atoms with van der Waals surface area (Å²) in [5.74, 6) is 0. The van der Waals surface area contributed by atoms with Crippen molar-refractivity contribution in [2.75, 3.05) is 6.26 Å². The molecule has 6 heteroatoms. The molecule has 0 amide bonds. The molecule has 0 radical (unpaired) electrons. The van der Waals surface area contributed by atoms with Crippen LogP contribution < -0.4 is 0 Å². The molecule has 1 aromatic carbocycles. The molecule has 0 aliphatic heterocycles. The maximum atomic E-state index is 11.2. The fourth-order valence-electron chi connectivity index (χ4n) is 1.03. The summed E-state index contributed by atoms with van der Waals surface area (Å²) in [5.41, 5.74) is 0.355. The Kier molecular flexibility index (Phi) is 3.66. The zero-order valence-corrected chi connectivity index (χ0v) is 10.2.